The van der Waals surface area contributed by atoms with E-state index in [0.29, 0.717) is 28.5 Å². The Bertz CT molecular complexity index is 970. The lowest BCUT2D eigenvalue weighted by atomic mass is 10.3. The Morgan fingerprint density at radius 1 is 1.18 bits per heavy atom. The minimum atomic E-state index is -2.61. The van der Waals surface area contributed by atoms with Gasteiger partial charge in [-0.1, -0.05) is 12.1 Å². The van der Waals surface area contributed by atoms with E-state index in [-0.39, 0.29) is 17.6 Å². The highest BCUT2D eigenvalue weighted by molar-refractivity contribution is 7.99. The highest BCUT2D eigenvalue weighted by Crippen LogP contribution is 2.28. The van der Waals surface area contributed by atoms with E-state index in [9.17, 15) is 13.6 Å². The van der Waals surface area contributed by atoms with Crippen molar-refractivity contribution >= 4 is 40.2 Å². The number of rotatable bonds is 6. The molecule has 1 aromatic carbocycles. The number of halogens is 2. The van der Waals surface area contributed by atoms with Crippen molar-refractivity contribution < 1.29 is 13.6 Å². The van der Waals surface area contributed by atoms with E-state index >= 15 is 0 Å². The zero-order valence-electron chi connectivity index (χ0n) is 15.0. The number of hydrogen-bond donors (Lipinski definition) is 1. The Hall–Kier alpha value is -2.68. The Morgan fingerprint density at radius 3 is 2.68 bits per heavy atom. The number of carbonyl (C=O) groups excluding carboxylic acids is 1. The Kier molecular flexibility index (Phi) is 5.43. The first-order valence-electron chi connectivity index (χ1n) is 9.01. The summed E-state index contributed by atoms with van der Waals surface area (Å²) in [5, 5.41) is 2.90. The molecule has 0 unspecified atom stereocenters. The molecule has 4 rings (SSSR count). The number of benzene rings is 1. The maximum absolute atomic E-state index is 12.9. The number of pyridine rings is 1. The summed E-state index contributed by atoms with van der Waals surface area (Å²) in [7, 11) is 0. The quantitative estimate of drug-likeness (QED) is 0.631. The number of nitrogens with zero attached hydrogens (tertiary/aromatic N) is 4. The van der Waals surface area contributed by atoms with Crippen LogP contribution in [-0.4, -0.2) is 39.3 Å². The number of para-hydroxylation sites is 2. The fraction of sp³-hybridized carbons (Fsp3) is 0.316. The first-order valence-corrected chi connectivity index (χ1v) is 9.89. The van der Waals surface area contributed by atoms with Crippen LogP contribution in [0.15, 0.2) is 47.8 Å². The number of imidazole rings is 1. The number of alkyl halides is 2. The van der Waals surface area contributed by atoms with Gasteiger partial charge in [0.05, 0.1) is 22.9 Å². The van der Waals surface area contributed by atoms with Crippen LogP contribution in [0, 0.1) is 0 Å². The maximum Gasteiger partial charge on any atom is 0.291 e. The van der Waals surface area contributed by atoms with Crippen LogP contribution in [0.2, 0.25) is 0 Å². The average Bonchev–Trinajstić information content (AvgIpc) is 3.31. The zero-order chi connectivity index (χ0) is 19.5. The fourth-order valence-corrected chi connectivity index (χ4v) is 3.91. The number of carbonyl (C=O) groups is 1. The molecule has 9 heteroatoms. The number of aromatic nitrogens is 3. The maximum atomic E-state index is 12.9. The third kappa shape index (κ3) is 4.09. The molecule has 1 aliphatic heterocycles. The highest BCUT2D eigenvalue weighted by atomic mass is 32.2. The number of hydrogen-bond acceptors (Lipinski definition) is 5. The van der Waals surface area contributed by atoms with Crippen molar-refractivity contribution in [1.82, 2.24) is 14.5 Å². The van der Waals surface area contributed by atoms with Crippen LogP contribution >= 0.6 is 11.8 Å². The van der Waals surface area contributed by atoms with Gasteiger partial charge in [0.2, 0.25) is 5.91 Å². The summed E-state index contributed by atoms with van der Waals surface area (Å²) in [5.74, 6) is -2.04. The molecular formula is C19H19F2N5OS. The molecule has 0 bridgehead atoms. The van der Waals surface area contributed by atoms with Crippen LogP contribution in [0.3, 0.4) is 0 Å². The predicted molar refractivity (Wildman–Crippen MR) is 106 cm³/mol. The summed E-state index contributed by atoms with van der Waals surface area (Å²) in [6.45, 7) is 1.89. The van der Waals surface area contributed by atoms with Crippen molar-refractivity contribution in [3.05, 3.63) is 42.6 Å². The number of nitrogens with one attached hydrogen (secondary N) is 1. The SMILES string of the molecule is O=C(Cn1c(SC(F)F)nc2ccccc21)Nc1ccc(N2CCCC2)nc1. The van der Waals surface area contributed by atoms with Crippen LogP contribution in [0.1, 0.15) is 12.8 Å². The molecule has 3 aromatic rings. The van der Waals surface area contributed by atoms with Crippen molar-refractivity contribution in [2.24, 2.45) is 0 Å². The monoisotopic (exact) mass is 403 g/mol. The molecule has 0 radical (unpaired) electrons. The first-order chi connectivity index (χ1) is 13.6. The molecule has 1 aliphatic rings. The average molecular weight is 403 g/mol. The third-order valence-electron chi connectivity index (χ3n) is 4.58. The van der Waals surface area contributed by atoms with E-state index in [2.05, 4.69) is 20.2 Å². The van der Waals surface area contributed by atoms with Crippen molar-refractivity contribution in [1.29, 1.82) is 0 Å². The molecule has 1 N–H and O–H groups in total. The van der Waals surface area contributed by atoms with Crippen molar-refractivity contribution in [3.63, 3.8) is 0 Å². The van der Waals surface area contributed by atoms with E-state index < -0.39 is 5.76 Å². The minimum Gasteiger partial charge on any atom is -0.357 e. The van der Waals surface area contributed by atoms with Gasteiger partial charge in [0.1, 0.15) is 12.4 Å². The van der Waals surface area contributed by atoms with Gasteiger partial charge in [-0.15, -0.1) is 0 Å². The smallest absolute Gasteiger partial charge is 0.291 e. The van der Waals surface area contributed by atoms with E-state index in [1.165, 1.54) is 4.57 Å². The lowest BCUT2D eigenvalue weighted by Crippen LogP contribution is -2.21. The van der Waals surface area contributed by atoms with Gasteiger partial charge in [-0.25, -0.2) is 9.97 Å². The molecule has 146 valence electrons. The van der Waals surface area contributed by atoms with E-state index in [0.717, 1.165) is 31.7 Å². The van der Waals surface area contributed by atoms with Gasteiger partial charge in [-0.3, -0.25) is 4.79 Å². The van der Waals surface area contributed by atoms with Crippen LogP contribution in [0.5, 0.6) is 0 Å². The third-order valence-corrected chi connectivity index (χ3v) is 5.28. The molecule has 1 fully saturated rings. The van der Waals surface area contributed by atoms with Gasteiger partial charge in [-0.05, 0) is 48.9 Å². The summed E-state index contributed by atoms with van der Waals surface area (Å²) < 4.78 is 27.3. The minimum absolute atomic E-state index is 0.108. The molecule has 0 saturated carbocycles. The van der Waals surface area contributed by atoms with Gasteiger partial charge < -0.3 is 14.8 Å². The van der Waals surface area contributed by atoms with Gasteiger partial charge in [0.15, 0.2) is 5.16 Å². The molecule has 3 heterocycles. The lowest BCUT2D eigenvalue weighted by Gasteiger charge is -2.16. The van der Waals surface area contributed by atoms with Gasteiger partial charge in [0.25, 0.3) is 5.76 Å². The second kappa shape index (κ2) is 8.14. The van der Waals surface area contributed by atoms with Crippen LogP contribution in [0.25, 0.3) is 11.0 Å². The number of anilines is 2. The van der Waals surface area contributed by atoms with E-state index in [1.54, 1.807) is 36.5 Å². The number of amides is 1. The molecular weight excluding hydrogens is 384 g/mol. The summed E-state index contributed by atoms with van der Waals surface area (Å²) >= 11 is 0.336. The molecule has 0 spiro atoms. The molecule has 2 aromatic heterocycles. The Morgan fingerprint density at radius 2 is 1.96 bits per heavy atom. The van der Waals surface area contributed by atoms with Crippen molar-refractivity contribution in [3.8, 4) is 0 Å². The topological polar surface area (TPSA) is 63.1 Å². The fourth-order valence-electron chi connectivity index (χ4n) is 3.31. The van der Waals surface area contributed by atoms with Gasteiger partial charge >= 0.3 is 0 Å². The summed E-state index contributed by atoms with van der Waals surface area (Å²) in [6, 6.07) is 10.8. The predicted octanol–water partition coefficient (Wildman–Crippen LogP) is 3.98. The van der Waals surface area contributed by atoms with Gasteiger partial charge in [-0.2, -0.15) is 8.78 Å². The standard InChI is InChI=1S/C19H19F2N5OS/c20-18(21)28-19-24-14-5-1-2-6-15(14)26(19)12-17(27)23-13-7-8-16(22-11-13)25-9-3-4-10-25/h1-2,5-8,11,18H,3-4,9-10,12H2,(H,23,27). The van der Waals surface area contributed by atoms with Crippen molar-refractivity contribution in [2.75, 3.05) is 23.3 Å². The van der Waals surface area contributed by atoms with Crippen LogP contribution in [-0.2, 0) is 11.3 Å². The largest absolute Gasteiger partial charge is 0.357 e. The normalized spacial score (nSPS) is 14.2. The lowest BCUT2D eigenvalue weighted by molar-refractivity contribution is -0.116. The first kappa shape index (κ1) is 18.7. The summed E-state index contributed by atoms with van der Waals surface area (Å²) in [6.07, 6.45) is 3.95. The van der Waals surface area contributed by atoms with Gasteiger partial charge in [0, 0.05) is 13.1 Å². The molecule has 6 nitrogen and oxygen atoms in total. The Labute approximate surface area is 165 Å². The van der Waals surface area contributed by atoms with Crippen LogP contribution in [0.4, 0.5) is 20.3 Å². The number of thioether (sulfide) groups is 1. The second-order valence-corrected chi connectivity index (χ2v) is 7.45. The second-order valence-electron chi connectivity index (χ2n) is 6.50. The van der Waals surface area contributed by atoms with Crippen LogP contribution < -0.4 is 10.2 Å². The molecule has 0 aliphatic carbocycles. The van der Waals surface area contributed by atoms with E-state index in [1.807, 2.05) is 6.07 Å². The highest BCUT2D eigenvalue weighted by Gasteiger charge is 2.18. The molecule has 28 heavy (non-hydrogen) atoms. The molecule has 0 atom stereocenters. The summed E-state index contributed by atoms with van der Waals surface area (Å²) in [4.78, 5) is 23.3. The summed E-state index contributed by atoms with van der Waals surface area (Å²) in [5.41, 5.74) is 1.79. The number of fused-ring (bicyclic) bond motifs is 1. The van der Waals surface area contributed by atoms with E-state index in [4.69, 9.17) is 0 Å². The zero-order valence-corrected chi connectivity index (χ0v) is 15.8. The molecule has 1 amide bonds. The van der Waals surface area contributed by atoms with Crippen molar-refractivity contribution in [2.45, 2.75) is 30.3 Å². The Balaban J connectivity index is 1.49. The molecule has 1 saturated heterocycles.